The van der Waals surface area contributed by atoms with Gasteiger partial charge in [0.25, 0.3) is 5.56 Å². The van der Waals surface area contributed by atoms with Crippen molar-refractivity contribution in [2.75, 3.05) is 0 Å². The number of nitrogens with one attached hydrogen (secondary N) is 1. The Kier molecular flexibility index (Phi) is 3.93. The van der Waals surface area contributed by atoms with Gasteiger partial charge < -0.3 is 24.7 Å². The number of phosphoric ester groups is 1. The Morgan fingerprint density at radius 3 is 2.50 bits per heavy atom. The number of aliphatic hydroxyl groups excluding tert-OH is 2. The van der Waals surface area contributed by atoms with E-state index in [1.54, 1.807) is 0 Å². The van der Waals surface area contributed by atoms with Crippen LogP contribution in [-0.2, 0) is 13.8 Å². The second-order valence-corrected chi connectivity index (χ2v) is 5.18. The van der Waals surface area contributed by atoms with E-state index in [0.717, 1.165) is 16.8 Å². The SMILES string of the molecule is O=c1ccn([C@H]2O[C@@H](OP(=O)(O)O)[C@H](O)[C@@H]2O)c(=O)[nH]1. The first-order valence-electron chi connectivity index (χ1n) is 5.26. The number of H-pyrrole nitrogens is 1. The Morgan fingerprint density at radius 2 is 1.95 bits per heavy atom. The number of aromatic amines is 1. The van der Waals surface area contributed by atoms with Gasteiger partial charge in [-0.05, 0) is 0 Å². The van der Waals surface area contributed by atoms with Crippen LogP contribution in [0.5, 0.6) is 0 Å². The topological polar surface area (TPSA) is 171 Å². The molecule has 0 radical (unpaired) electrons. The van der Waals surface area contributed by atoms with Crippen molar-refractivity contribution >= 4 is 7.82 Å². The van der Waals surface area contributed by atoms with Gasteiger partial charge in [-0.1, -0.05) is 0 Å². The van der Waals surface area contributed by atoms with Crippen LogP contribution in [-0.4, -0.2) is 48.0 Å². The Bertz CT molecular complexity index is 648. The lowest BCUT2D eigenvalue weighted by molar-refractivity contribution is -0.135. The number of ether oxygens (including phenoxy) is 1. The second-order valence-electron chi connectivity index (χ2n) is 3.99. The van der Waals surface area contributed by atoms with E-state index in [1.165, 1.54) is 0 Å². The minimum absolute atomic E-state index is 0.678. The van der Waals surface area contributed by atoms with Gasteiger partial charge in [-0.15, -0.1) is 0 Å². The van der Waals surface area contributed by atoms with Gasteiger partial charge in [0.05, 0.1) is 0 Å². The molecule has 1 aliphatic rings. The summed E-state index contributed by atoms with van der Waals surface area (Å²) in [6, 6.07) is 0.973. The fraction of sp³-hybridized carbons (Fsp3) is 0.500. The van der Waals surface area contributed by atoms with Gasteiger partial charge in [0.1, 0.15) is 12.2 Å². The molecule has 0 bridgehead atoms. The normalized spacial score (nSPS) is 30.6. The predicted molar refractivity (Wildman–Crippen MR) is 60.4 cm³/mol. The summed E-state index contributed by atoms with van der Waals surface area (Å²) in [7, 11) is -4.96. The first-order valence-corrected chi connectivity index (χ1v) is 6.79. The number of rotatable bonds is 3. The molecule has 2 rings (SSSR count). The van der Waals surface area contributed by atoms with Crippen LogP contribution in [0.2, 0.25) is 0 Å². The van der Waals surface area contributed by atoms with Crippen LogP contribution in [0.4, 0.5) is 0 Å². The van der Waals surface area contributed by atoms with Gasteiger partial charge in [-0.3, -0.25) is 18.9 Å². The molecule has 1 aromatic heterocycles. The maximum Gasteiger partial charge on any atom is 0.472 e. The quantitative estimate of drug-likeness (QED) is 0.370. The standard InChI is InChI=1S/C8H11N2O9P/c11-3-1-2-10(8(14)9-3)6-4(12)5(13)7(18-6)19-20(15,16)17/h1-2,4-7,12-13H,(H,9,11,14)(H2,15,16,17)/t4-,5+,6-,7-/m0/s1. The summed E-state index contributed by atoms with van der Waals surface area (Å²) >= 11 is 0. The van der Waals surface area contributed by atoms with Crippen LogP contribution in [0.3, 0.4) is 0 Å². The van der Waals surface area contributed by atoms with Crippen LogP contribution in [0.1, 0.15) is 6.23 Å². The van der Waals surface area contributed by atoms with Crippen molar-refractivity contribution in [3.63, 3.8) is 0 Å². The van der Waals surface area contributed by atoms with E-state index in [9.17, 15) is 24.4 Å². The molecular weight excluding hydrogens is 299 g/mol. The minimum atomic E-state index is -4.96. The average molecular weight is 310 g/mol. The maximum atomic E-state index is 11.5. The highest BCUT2D eigenvalue weighted by Crippen LogP contribution is 2.42. The molecule has 1 aliphatic heterocycles. The van der Waals surface area contributed by atoms with Crippen molar-refractivity contribution in [3.8, 4) is 0 Å². The number of hydrogen-bond donors (Lipinski definition) is 5. The van der Waals surface area contributed by atoms with E-state index < -0.39 is 43.8 Å². The van der Waals surface area contributed by atoms with E-state index in [1.807, 2.05) is 4.98 Å². The van der Waals surface area contributed by atoms with Crippen LogP contribution >= 0.6 is 7.82 Å². The highest BCUT2D eigenvalue weighted by molar-refractivity contribution is 7.46. The van der Waals surface area contributed by atoms with Crippen molar-refractivity contribution in [2.45, 2.75) is 24.7 Å². The monoisotopic (exact) mass is 310 g/mol. The summed E-state index contributed by atoms with van der Waals surface area (Å²) < 4.78 is 20.5. The predicted octanol–water partition coefficient (Wildman–Crippen LogP) is -2.78. The zero-order valence-electron chi connectivity index (χ0n) is 9.69. The van der Waals surface area contributed by atoms with Gasteiger partial charge in [-0.25, -0.2) is 9.36 Å². The maximum absolute atomic E-state index is 11.5. The lowest BCUT2D eigenvalue weighted by atomic mass is 10.2. The Morgan fingerprint density at radius 1 is 1.30 bits per heavy atom. The molecule has 0 saturated carbocycles. The number of hydrogen-bond acceptors (Lipinski definition) is 7. The molecule has 20 heavy (non-hydrogen) atoms. The van der Waals surface area contributed by atoms with E-state index >= 15 is 0 Å². The van der Waals surface area contributed by atoms with E-state index in [4.69, 9.17) is 14.5 Å². The highest BCUT2D eigenvalue weighted by atomic mass is 31.2. The zero-order valence-corrected chi connectivity index (χ0v) is 10.6. The number of aromatic nitrogens is 2. The van der Waals surface area contributed by atoms with Gasteiger partial charge >= 0.3 is 13.5 Å². The number of phosphoric acid groups is 1. The molecule has 11 nitrogen and oxygen atoms in total. The summed E-state index contributed by atoms with van der Waals surface area (Å²) in [4.78, 5) is 41.6. The summed E-state index contributed by atoms with van der Waals surface area (Å²) in [6.45, 7) is 0. The average Bonchev–Trinajstić information content (AvgIpc) is 2.56. The summed E-state index contributed by atoms with van der Waals surface area (Å²) in [5.74, 6) is 0. The van der Waals surface area contributed by atoms with E-state index in [0.29, 0.717) is 0 Å². The zero-order chi connectivity index (χ0) is 15.1. The lowest BCUT2D eigenvalue weighted by Crippen LogP contribution is -2.37. The van der Waals surface area contributed by atoms with E-state index in [-0.39, 0.29) is 0 Å². The molecule has 1 aromatic rings. The van der Waals surface area contributed by atoms with Crippen LogP contribution in [0.25, 0.3) is 0 Å². The van der Waals surface area contributed by atoms with Gasteiger partial charge in [-0.2, -0.15) is 0 Å². The Labute approximate surface area is 110 Å². The number of nitrogens with zero attached hydrogens (tertiary/aromatic N) is 1. The third kappa shape index (κ3) is 3.04. The molecule has 0 unspecified atom stereocenters. The second kappa shape index (κ2) is 5.22. The third-order valence-electron chi connectivity index (χ3n) is 2.56. The van der Waals surface area contributed by atoms with Gasteiger partial charge in [0.2, 0.25) is 0 Å². The molecule has 0 aliphatic carbocycles. The largest absolute Gasteiger partial charge is 0.472 e. The molecule has 5 N–H and O–H groups in total. The first kappa shape index (κ1) is 15.1. The van der Waals surface area contributed by atoms with Crippen molar-refractivity contribution < 1.29 is 33.8 Å². The summed E-state index contributed by atoms with van der Waals surface area (Å²) in [6.07, 6.45) is -5.76. The Hall–Kier alpha value is -1.33. The lowest BCUT2D eigenvalue weighted by Gasteiger charge is -2.16. The third-order valence-corrected chi connectivity index (χ3v) is 3.04. The fourth-order valence-corrected chi connectivity index (χ4v) is 2.15. The van der Waals surface area contributed by atoms with Crippen molar-refractivity contribution in [1.29, 1.82) is 0 Å². The fourth-order valence-electron chi connectivity index (χ4n) is 1.71. The molecule has 112 valence electrons. The molecule has 0 spiro atoms. The smallest absolute Gasteiger partial charge is 0.385 e. The molecule has 0 amide bonds. The van der Waals surface area contributed by atoms with Crippen LogP contribution in [0, 0.1) is 0 Å². The van der Waals surface area contributed by atoms with E-state index in [2.05, 4.69) is 4.52 Å². The molecule has 0 aromatic carbocycles. The molecule has 12 heteroatoms. The minimum Gasteiger partial charge on any atom is -0.385 e. The van der Waals surface area contributed by atoms with Gasteiger partial charge in [0.15, 0.2) is 12.5 Å². The molecule has 1 fully saturated rings. The van der Waals surface area contributed by atoms with Crippen molar-refractivity contribution in [1.82, 2.24) is 9.55 Å². The summed E-state index contributed by atoms with van der Waals surface area (Å²) in [5, 5.41) is 19.3. The number of aliphatic hydroxyl groups is 2. The van der Waals surface area contributed by atoms with Crippen molar-refractivity contribution in [2.24, 2.45) is 0 Å². The van der Waals surface area contributed by atoms with Gasteiger partial charge in [0, 0.05) is 12.3 Å². The summed E-state index contributed by atoms with van der Waals surface area (Å²) in [5.41, 5.74) is -1.60. The molecule has 2 heterocycles. The molecule has 4 atom stereocenters. The van der Waals surface area contributed by atoms with Crippen LogP contribution in [0.15, 0.2) is 21.9 Å². The highest BCUT2D eigenvalue weighted by Gasteiger charge is 2.47. The van der Waals surface area contributed by atoms with Crippen LogP contribution < -0.4 is 11.2 Å². The molecule has 1 saturated heterocycles. The first-order chi connectivity index (χ1) is 9.19. The van der Waals surface area contributed by atoms with Crippen molar-refractivity contribution in [3.05, 3.63) is 33.1 Å². The molecular formula is C8H11N2O9P. The Balaban J connectivity index is 2.28.